The van der Waals surface area contributed by atoms with Crippen LogP contribution >= 0.6 is 0 Å². The molecular formula is C19H21N3O6. The molecule has 2 aromatic rings. The summed E-state index contributed by atoms with van der Waals surface area (Å²) < 4.78 is 10.7. The van der Waals surface area contributed by atoms with E-state index in [0.717, 1.165) is 11.1 Å². The van der Waals surface area contributed by atoms with Gasteiger partial charge < -0.3 is 9.47 Å². The summed E-state index contributed by atoms with van der Waals surface area (Å²) in [4.78, 5) is 34.2. The van der Waals surface area contributed by atoms with Gasteiger partial charge in [-0.05, 0) is 38.5 Å². The SMILES string of the molecule is Cc1ccc(OCC(=O)NNC(=O)C(C)Oc2ccccc2[N+](=O)[O-])c(C)c1. The number of hydrogen-bond acceptors (Lipinski definition) is 6. The fourth-order valence-corrected chi connectivity index (χ4v) is 2.33. The van der Waals surface area contributed by atoms with Gasteiger partial charge in [-0.2, -0.15) is 0 Å². The van der Waals surface area contributed by atoms with Gasteiger partial charge in [-0.15, -0.1) is 0 Å². The standard InChI is InChI=1S/C19H21N3O6/c1-12-8-9-16(13(2)10-12)27-11-18(23)20-21-19(24)14(3)28-17-7-5-4-6-15(17)22(25)26/h4-10,14H,11H2,1-3H3,(H,20,23)(H,21,24). The summed E-state index contributed by atoms with van der Waals surface area (Å²) in [5, 5.41) is 11.0. The number of benzene rings is 2. The lowest BCUT2D eigenvalue weighted by Crippen LogP contribution is -2.48. The number of rotatable bonds is 7. The topological polar surface area (TPSA) is 120 Å². The molecule has 0 fully saturated rings. The maximum absolute atomic E-state index is 12.0. The van der Waals surface area contributed by atoms with E-state index in [2.05, 4.69) is 10.9 Å². The Kier molecular flexibility index (Phi) is 6.91. The van der Waals surface area contributed by atoms with Crippen LogP contribution in [0.2, 0.25) is 0 Å². The lowest BCUT2D eigenvalue weighted by molar-refractivity contribution is -0.386. The van der Waals surface area contributed by atoms with Crippen molar-refractivity contribution in [3.63, 3.8) is 0 Å². The Balaban J connectivity index is 1.82. The number of carbonyl (C=O) groups is 2. The van der Waals surface area contributed by atoms with E-state index in [1.165, 1.54) is 25.1 Å². The average Bonchev–Trinajstić information content (AvgIpc) is 2.65. The van der Waals surface area contributed by atoms with Crippen LogP contribution in [0.3, 0.4) is 0 Å². The fourth-order valence-electron chi connectivity index (χ4n) is 2.33. The summed E-state index contributed by atoms with van der Waals surface area (Å²) in [7, 11) is 0. The summed E-state index contributed by atoms with van der Waals surface area (Å²) in [6.45, 7) is 4.93. The van der Waals surface area contributed by atoms with Gasteiger partial charge in [0, 0.05) is 6.07 Å². The molecule has 1 atom stereocenters. The van der Waals surface area contributed by atoms with Crippen molar-refractivity contribution in [2.45, 2.75) is 26.9 Å². The number of nitrogens with zero attached hydrogens (tertiary/aromatic N) is 1. The van der Waals surface area contributed by atoms with Crippen molar-refractivity contribution >= 4 is 17.5 Å². The molecule has 148 valence electrons. The van der Waals surface area contributed by atoms with Gasteiger partial charge in [0.1, 0.15) is 5.75 Å². The normalized spacial score (nSPS) is 11.2. The Labute approximate surface area is 161 Å². The average molecular weight is 387 g/mol. The van der Waals surface area contributed by atoms with E-state index in [4.69, 9.17) is 9.47 Å². The molecule has 1 unspecified atom stereocenters. The maximum atomic E-state index is 12.0. The van der Waals surface area contributed by atoms with E-state index in [0.29, 0.717) is 5.75 Å². The van der Waals surface area contributed by atoms with Crippen molar-refractivity contribution in [3.8, 4) is 11.5 Å². The van der Waals surface area contributed by atoms with Crippen LogP contribution in [0.15, 0.2) is 42.5 Å². The predicted octanol–water partition coefficient (Wildman–Crippen LogP) is 2.21. The zero-order chi connectivity index (χ0) is 20.7. The van der Waals surface area contributed by atoms with Crippen LogP contribution in [0.5, 0.6) is 11.5 Å². The van der Waals surface area contributed by atoms with E-state index in [9.17, 15) is 19.7 Å². The van der Waals surface area contributed by atoms with Crippen LogP contribution in [0, 0.1) is 24.0 Å². The molecule has 0 saturated carbocycles. The van der Waals surface area contributed by atoms with Crippen molar-refractivity contribution in [2.24, 2.45) is 0 Å². The molecule has 28 heavy (non-hydrogen) atoms. The van der Waals surface area contributed by atoms with Crippen molar-refractivity contribution in [3.05, 3.63) is 63.7 Å². The summed E-state index contributed by atoms with van der Waals surface area (Å²) in [5.74, 6) is -0.705. The number of hydrogen-bond donors (Lipinski definition) is 2. The van der Waals surface area contributed by atoms with Crippen molar-refractivity contribution in [2.75, 3.05) is 6.61 Å². The second kappa shape index (κ2) is 9.36. The Morgan fingerprint density at radius 2 is 1.82 bits per heavy atom. The lowest BCUT2D eigenvalue weighted by atomic mass is 10.1. The van der Waals surface area contributed by atoms with Gasteiger partial charge in [-0.1, -0.05) is 29.8 Å². The molecule has 9 nitrogen and oxygen atoms in total. The van der Waals surface area contributed by atoms with E-state index in [1.54, 1.807) is 12.1 Å². The molecule has 0 spiro atoms. The number of amides is 2. The maximum Gasteiger partial charge on any atom is 0.310 e. The van der Waals surface area contributed by atoms with Crippen LogP contribution in [-0.2, 0) is 9.59 Å². The number of nitro groups is 1. The molecule has 0 radical (unpaired) electrons. The first-order valence-electron chi connectivity index (χ1n) is 8.46. The minimum absolute atomic E-state index is 0.0420. The highest BCUT2D eigenvalue weighted by molar-refractivity contribution is 5.85. The van der Waals surface area contributed by atoms with Crippen molar-refractivity contribution in [1.29, 1.82) is 0 Å². The number of aryl methyl sites for hydroxylation is 2. The number of nitro benzene ring substituents is 1. The highest BCUT2D eigenvalue weighted by Gasteiger charge is 2.21. The third-order valence-electron chi connectivity index (χ3n) is 3.75. The molecule has 0 aliphatic carbocycles. The molecule has 0 aromatic heterocycles. The van der Waals surface area contributed by atoms with Gasteiger partial charge in [-0.25, -0.2) is 0 Å². The second-order valence-corrected chi connectivity index (χ2v) is 6.08. The van der Waals surface area contributed by atoms with Gasteiger partial charge in [0.15, 0.2) is 18.5 Å². The zero-order valence-corrected chi connectivity index (χ0v) is 15.7. The summed E-state index contributed by atoms with van der Waals surface area (Å²) >= 11 is 0. The number of hydrazine groups is 1. The summed E-state index contributed by atoms with van der Waals surface area (Å²) in [6, 6.07) is 11.3. The quantitative estimate of drug-likeness (QED) is 0.555. The molecule has 0 aliphatic rings. The first kappa shape index (κ1) is 20.7. The minimum atomic E-state index is -1.07. The van der Waals surface area contributed by atoms with Crippen LogP contribution in [0.1, 0.15) is 18.1 Å². The fraction of sp³-hybridized carbons (Fsp3) is 0.263. The van der Waals surface area contributed by atoms with Crippen molar-refractivity contribution < 1.29 is 24.0 Å². The Bertz CT molecular complexity index is 884. The van der Waals surface area contributed by atoms with Gasteiger partial charge >= 0.3 is 5.69 Å². The molecule has 2 rings (SSSR count). The molecule has 0 heterocycles. The highest BCUT2D eigenvalue weighted by atomic mass is 16.6. The molecular weight excluding hydrogens is 366 g/mol. The number of para-hydroxylation sites is 2. The Morgan fingerprint density at radius 1 is 1.11 bits per heavy atom. The molecule has 2 amide bonds. The van der Waals surface area contributed by atoms with Crippen LogP contribution in [0.25, 0.3) is 0 Å². The molecule has 0 aliphatic heterocycles. The zero-order valence-electron chi connectivity index (χ0n) is 15.7. The minimum Gasteiger partial charge on any atom is -0.483 e. The van der Waals surface area contributed by atoms with Crippen LogP contribution < -0.4 is 20.3 Å². The van der Waals surface area contributed by atoms with Crippen LogP contribution in [0.4, 0.5) is 5.69 Å². The number of nitrogens with one attached hydrogen (secondary N) is 2. The number of carbonyl (C=O) groups excluding carboxylic acids is 2. The van der Waals surface area contributed by atoms with Gasteiger partial charge in [0.05, 0.1) is 4.92 Å². The lowest BCUT2D eigenvalue weighted by Gasteiger charge is -2.15. The summed E-state index contributed by atoms with van der Waals surface area (Å²) in [6.07, 6.45) is -1.07. The summed E-state index contributed by atoms with van der Waals surface area (Å²) in [5.41, 5.74) is 6.12. The Hall–Kier alpha value is -3.62. The van der Waals surface area contributed by atoms with Gasteiger partial charge in [-0.3, -0.25) is 30.6 Å². The largest absolute Gasteiger partial charge is 0.483 e. The Morgan fingerprint density at radius 3 is 2.50 bits per heavy atom. The highest BCUT2D eigenvalue weighted by Crippen LogP contribution is 2.26. The second-order valence-electron chi connectivity index (χ2n) is 6.08. The van der Waals surface area contributed by atoms with Gasteiger partial charge in [0.2, 0.25) is 0 Å². The molecule has 9 heteroatoms. The third-order valence-corrected chi connectivity index (χ3v) is 3.75. The third kappa shape index (κ3) is 5.70. The monoisotopic (exact) mass is 387 g/mol. The van der Waals surface area contributed by atoms with E-state index in [1.807, 2.05) is 26.0 Å². The molecule has 0 bridgehead atoms. The molecule has 2 N–H and O–H groups in total. The first-order chi connectivity index (χ1) is 13.3. The van der Waals surface area contributed by atoms with Crippen molar-refractivity contribution in [1.82, 2.24) is 10.9 Å². The van der Waals surface area contributed by atoms with E-state index in [-0.39, 0.29) is 18.0 Å². The van der Waals surface area contributed by atoms with E-state index >= 15 is 0 Å². The molecule has 0 saturated heterocycles. The molecule has 2 aromatic carbocycles. The van der Waals surface area contributed by atoms with Gasteiger partial charge in [0.25, 0.3) is 11.8 Å². The predicted molar refractivity (Wildman–Crippen MR) is 101 cm³/mol. The first-order valence-corrected chi connectivity index (χ1v) is 8.46. The smallest absolute Gasteiger partial charge is 0.310 e. The van der Waals surface area contributed by atoms with Crippen LogP contribution in [-0.4, -0.2) is 29.4 Å². The van der Waals surface area contributed by atoms with E-state index < -0.39 is 22.8 Å². The number of ether oxygens (including phenoxy) is 2.